The maximum atomic E-state index is 10.7. The number of carbonyl (C=O) groups is 1. The molecule has 18 heavy (non-hydrogen) atoms. The fourth-order valence-corrected chi connectivity index (χ4v) is 1.89. The lowest BCUT2D eigenvalue weighted by molar-refractivity contribution is 0.0685. The number of carboxylic acids is 1. The first-order chi connectivity index (χ1) is 8.67. The molecule has 0 aliphatic carbocycles. The first kappa shape index (κ1) is 14.7. The van der Waals surface area contributed by atoms with Crippen LogP contribution in [-0.4, -0.2) is 22.3 Å². The predicted octanol–water partition coefficient (Wildman–Crippen LogP) is 2.82. The summed E-state index contributed by atoms with van der Waals surface area (Å²) in [6, 6.07) is 1.94. The quantitative estimate of drug-likeness (QED) is 0.708. The van der Waals surface area contributed by atoms with Gasteiger partial charge in [-0.1, -0.05) is 38.3 Å². The highest BCUT2D eigenvalue weighted by Gasteiger charge is 2.12. The molecule has 5 heteroatoms. The largest absolute Gasteiger partial charge is 0.476 e. The predicted molar refractivity (Wildman–Crippen MR) is 68.5 cm³/mol. The summed E-state index contributed by atoms with van der Waals surface area (Å²) < 4.78 is 4.97. The topological polar surface area (TPSA) is 75.4 Å². The molecule has 1 aromatic heterocycles. The lowest BCUT2D eigenvalue weighted by Gasteiger charge is -2.16. The Hall–Kier alpha value is -1.36. The van der Waals surface area contributed by atoms with E-state index in [1.807, 2.05) is 0 Å². The zero-order valence-corrected chi connectivity index (χ0v) is 11.1. The standard InChI is InChI=1S/C13H22N2O3/c1-3-5-7-10(6-4-2)14-9-11-8-12(13(16)17)15-18-11/h8,10,14H,3-7,9H2,1-2H3,(H,16,17). The van der Waals surface area contributed by atoms with Crippen LogP contribution in [-0.2, 0) is 6.54 Å². The van der Waals surface area contributed by atoms with Gasteiger partial charge in [0.25, 0.3) is 0 Å². The van der Waals surface area contributed by atoms with Gasteiger partial charge < -0.3 is 14.9 Å². The molecule has 0 fully saturated rings. The Morgan fingerprint density at radius 3 is 2.78 bits per heavy atom. The lowest BCUT2D eigenvalue weighted by atomic mass is 10.1. The highest BCUT2D eigenvalue weighted by molar-refractivity contribution is 5.85. The smallest absolute Gasteiger partial charge is 0.358 e. The van der Waals surface area contributed by atoms with Gasteiger partial charge in [-0.2, -0.15) is 0 Å². The number of hydrogen-bond acceptors (Lipinski definition) is 4. The SMILES string of the molecule is CCCCC(CCC)NCc1cc(C(=O)O)no1. The van der Waals surface area contributed by atoms with Crippen LogP contribution in [0.3, 0.4) is 0 Å². The third kappa shape index (κ3) is 4.87. The van der Waals surface area contributed by atoms with Crippen LogP contribution in [0.1, 0.15) is 62.2 Å². The van der Waals surface area contributed by atoms with E-state index in [2.05, 4.69) is 24.3 Å². The Morgan fingerprint density at radius 2 is 2.22 bits per heavy atom. The van der Waals surface area contributed by atoms with Crippen molar-refractivity contribution in [2.45, 2.75) is 58.5 Å². The van der Waals surface area contributed by atoms with Crippen molar-refractivity contribution in [3.63, 3.8) is 0 Å². The summed E-state index contributed by atoms with van der Waals surface area (Å²) in [7, 11) is 0. The molecule has 0 aliphatic heterocycles. The molecule has 102 valence electrons. The van der Waals surface area contributed by atoms with E-state index in [1.165, 1.54) is 18.9 Å². The van der Waals surface area contributed by atoms with Gasteiger partial charge in [-0.3, -0.25) is 0 Å². The Balaban J connectivity index is 2.42. The normalized spacial score (nSPS) is 12.6. The van der Waals surface area contributed by atoms with Crippen LogP contribution in [0.5, 0.6) is 0 Å². The van der Waals surface area contributed by atoms with E-state index in [1.54, 1.807) is 0 Å². The van der Waals surface area contributed by atoms with Gasteiger partial charge in [0.2, 0.25) is 0 Å². The molecule has 0 radical (unpaired) electrons. The number of unbranched alkanes of at least 4 members (excludes halogenated alkanes) is 1. The Morgan fingerprint density at radius 1 is 1.44 bits per heavy atom. The van der Waals surface area contributed by atoms with Crippen LogP contribution in [0.15, 0.2) is 10.6 Å². The Kier molecular flexibility index (Phi) is 6.43. The van der Waals surface area contributed by atoms with Crippen molar-refractivity contribution < 1.29 is 14.4 Å². The van der Waals surface area contributed by atoms with Crippen molar-refractivity contribution >= 4 is 5.97 Å². The summed E-state index contributed by atoms with van der Waals surface area (Å²) in [4.78, 5) is 10.7. The number of nitrogens with one attached hydrogen (secondary N) is 1. The van der Waals surface area contributed by atoms with Crippen LogP contribution in [0.2, 0.25) is 0 Å². The highest BCUT2D eigenvalue weighted by Crippen LogP contribution is 2.09. The van der Waals surface area contributed by atoms with E-state index < -0.39 is 5.97 Å². The summed E-state index contributed by atoms with van der Waals surface area (Å²) in [6.45, 7) is 4.88. The average Bonchev–Trinajstić information content (AvgIpc) is 2.81. The fraction of sp³-hybridized carbons (Fsp3) is 0.692. The number of carboxylic acid groups (broad SMARTS) is 1. The van der Waals surface area contributed by atoms with E-state index in [-0.39, 0.29) is 5.69 Å². The number of aromatic nitrogens is 1. The zero-order chi connectivity index (χ0) is 13.4. The van der Waals surface area contributed by atoms with Crippen molar-refractivity contribution in [1.29, 1.82) is 0 Å². The Bertz CT molecular complexity index is 363. The molecule has 0 saturated heterocycles. The lowest BCUT2D eigenvalue weighted by Crippen LogP contribution is -2.28. The van der Waals surface area contributed by atoms with E-state index >= 15 is 0 Å². The molecule has 1 heterocycles. The molecule has 1 rings (SSSR count). The van der Waals surface area contributed by atoms with Crippen molar-refractivity contribution in [3.05, 3.63) is 17.5 Å². The highest BCUT2D eigenvalue weighted by atomic mass is 16.5. The second-order valence-corrected chi connectivity index (χ2v) is 4.49. The first-order valence-corrected chi connectivity index (χ1v) is 6.59. The molecule has 0 spiro atoms. The molecule has 5 nitrogen and oxygen atoms in total. The van der Waals surface area contributed by atoms with Crippen LogP contribution in [0, 0.1) is 0 Å². The third-order valence-electron chi connectivity index (χ3n) is 2.89. The van der Waals surface area contributed by atoms with Gasteiger partial charge in [-0.15, -0.1) is 0 Å². The molecule has 1 atom stereocenters. The second kappa shape index (κ2) is 7.87. The molecular weight excluding hydrogens is 232 g/mol. The molecule has 0 aromatic carbocycles. The maximum Gasteiger partial charge on any atom is 0.358 e. The summed E-state index contributed by atoms with van der Waals surface area (Å²) in [6.07, 6.45) is 5.80. The first-order valence-electron chi connectivity index (χ1n) is 6.59. The van der Waals surface area contributed by atoms with Gasteiger partial charge in [0.15, 0.2) is 11.5 Å². The second-order valence-electron chi connectivity index (χ2n) is 4.49. The Labute approximate surface area is 108 Å². The molecule has 0 aliphatic rings. The number of nitrogens with zero attached hydrogens (tertiary/aromatic N) is 1. The van der Waals surface area contributed by atoms with E-state index in [9.17, 15) is 4.79 Å². The van der Waals surface area contributed by atoms with Crippen LogP contribution in [0.4, 0.5) is 0 Å². The van der Waals surface area contributed by atoms with Gasteiger partial charge in [-0.05, 0) is 12.8 Å². The molecule has 1 unspecified atom stereocenters. The van der Waals surface area contributed by atoms with Crippen LogP contribution >= 0.6 is 0 Å². The number of aromatic carboxylic acids is 1. The summed E-state index contributed by atoms with van der Waals surface area (Å²) >= 11 is 0. The minimum Gasteiger partial charge on any atom is -0.476 e. The van der Waals surface area contributed by atoms with Crippen molar-refractivity contribution in [3.8, 4) is 0 Å². The van der Waals surface area contributed by atoms with E-state index in [0.29, 0.717) is 18.3 Å². The minimum absolute atomic E-state index is 0.0348. The van der Waals surface area contributed by atoms with Gasteiger partial charge in [0, 0.05) is 12.1 Å². The maximum absolute atomic E-state index is 10.7. The molecule has 0 bridgehead atoms. The molecule has 0 amide bonds. The number of hydrogen-bond donors (Lipinski definition) is 2. The summed E-state index contributed by atoms with van der Waals surface area (Å²) in [5, 5.41) is 15.6. The van der Waals surface area contributed by atoms with Gasteiger partial charge in [0.1, 0.15) is 0 Å². The van der Waals surface area contributed by atoms with Gasteiger partial charge in [-0.25, -0.2) is 4.79 Å². The van der Waals surface area contributed by atoms with E-state index in [4.69, 9.17) is 9.63 Å². The minimum atomic E-state index is -1.05. The van der Waals surface area contributed by atoms with Crippen LogP contribution < -0.4 is 5.32 Å². The summed E-state index contributed by atoms with van der Waals surface area (Å²) in [5.74, 6) is -0.480. The van der Waals surface area contributed by atoms with Crippen molar-refractivity contribution in [1.82, 2.24) is 10.5 Å². The van der Waals surface area contributed by atoms with Crippen LogP contribution in [0.25, 0.3) is 0 Å². The zero-order valence-electron chi connectivity index (χ0n) is 11.1. The average molecular weight is 254 g/mol. The summed E-state index contributed by atoms with van der Waals surface area (Å²) in [5.41, 5.74) is -0.0348. The fourth-order valence-electron chi connectivity index (χ4n) is 1.89. The molecule has 1 aromatic rings. The molecule has 2 N–H and O–H groups in total. The van der Waals surface area contributed by atoms with E-state index in [0.717, 1.165) is 19.3 Å². The van der Waals surface area contributed by atoms with Gasteiger partial charge in [0.05, 0.1) is 6.54 Å². The monoisotopic (exact) mass is 254 g/mol. The van der Waals surface area contributed by atoms with Gasteiger partial charge >= 0.3 is 5.97 Å². The molecule has 0 saturated carbocycles. The number of rotatable bonds is 9. The van der Waals surface area contributed by atoms with Crippen molar-refractivity contribution in [2.24, 2.45) is 0 Å². The van der Waals surface area contributed by atoms with Crippen molar-refractivity contribution in [2.75, 3.05) is 0 Å². The third-order valence-corrected chi connectivity index (χ3v) is 2.89. The molecular formula is C13H22N2O3.